The molecule has 0 radical (unpaired) electrons. The van der Waals surface area contributed by atoms with Crippen LogP contribution in [0.2, 0.25) is 0 Å². The van der Waals surface area contributed by atoms with Crippen LogP contribution < -0.4 is 24.8 Å². The monoisotopic (exact) mass is 397 g/mol. The van der Waals surface area contributed by atoms with Crippen molar-refractivity contribution in [2.45, 2.75) is 31.7 Å². The third-order valence-electron chi connectivity index (χ3n) is 5.37. The van der Waals surface area contributed by atoms with Gasteiger partial charge in [0.2, 0.25) is 0 Å². The molecule has 0 atom stereocenters. The van der Waals surface area contributed by atoms with Gasteiger partial charge in [0.25, 0.3) is 0 Å². The van der Waals surface area contributed by atoms with E-state index in [1.165, 1.54) is 5.56 Å². The van der Waals surface area contributed by atoms with Crippen LogP contribution in [-0.2, 0) is 12.0 Å². The van der Waals surface area contributed by atoms with Crippen molar-refractivity contribution in [3.05, 3.63) is 53.6 Å². The van der Waals surface area contributed by atoms with Crippen LogP contribution in [0.1, 0.15) is 30.9 Å². The lowest BCUT2D eigenvalue weighted by Gasteiger charge is -2.21. The Kier molecular flexibility index (Phi) is 6.86. The first-order valence-corrected chi connectivity index (χ1v) is 10.0. The molecule has 3 rings (SSSR count). The molecular formula is C23H31N3O3. The molecule has 0 aliphatic heterocycles. The Hall–Kier alpha value is -2.89. The minimum atomic E-state index is 0.112. The number of ether oxygens (including phenoxy) is 3. The molecule has 6 nitrogen and oxygen atoms in total. The van der Waals surface area contributed by atoms with Gasteiger partial charge < -0.3 is 24.8 Å². The molecule has 1 aliphatic carbocycles. The van der Waals surface area contributed by atoms with Gasteiger partial charge in [0.15, 0.2) is 5.96 Å². The second-order valence-electron chi connectivity index (χ2n) is 7.21. The van der Waals surface area contributed by atoms with E-state index in [1.807, 2.05) is 30.3 Å². The average molecular weight is 398 g/mol. The number of methoxy groups -OCH3 is 3. The van der Waals surface area contributed by atoms with E-state index in [0.29, 0.717) is 6.54 Å². The molecule has 2 aromatic rings. The summed E-state index contributed by atoms with van der Waals surface area (Å²) in [5.74, 6) is 3.30. The predicted molar refractivity (Wildman–Crippen MR) is 116 cm³/mol. The van der Waals surface area contributed by atoms with Gasteiger partial charge in [-0.05, 0) is 38.0 Å². The molecular weight excluding hydrogens is 366 g/mol. The normalized spacial score (nSPS) is 14.8. The zero-order chi connectivity index (χ0) is 20.7. The van der Waals surface area contributed by atoms with Crippen LogP contribution in [0.15, 0.2) is 47.5 Å². The lowest BCUT2D eigenvalue weighted by atomic mass is 9.95. The summed E-state index contributed by atoms with van der Waals surface area (Å²) in [6.07, 6.45) is 2.29. The van der Waals surface area contributed by atoms with Crippen LogP contribution in [0.4, 0.5) is 0 Å². The van der Waals surface area contributed by atoms with Gasteiger partial charge in [0.1, 0.15) is 17.2 Å². The van der Waals surface area contributed by atoms with Gasteiger partial charge >= 0.3 is 0 Å². The summed E-state index contributed by atoms with van der Waals surface area (Å²) in [5, 5.41) is 6.86. The average Bonchev–Trinajstić information content (AvgIpc) is 3.56. The van der Waals surface area contributed by atoms with E-state index >= 15 is 0 Å². The summed E-state index contributed by atoms with van der Waals surface area (Å²) in [7, 11) is 5.04. The predicted octanol–water partition coefficient (Wildman–Crippen LogP) is 3.50. The van der Waals surface area contributed by atoms with E-state index in [0.717, 1.165) is 54.7 Å². The zero-order valence-corrected chi connectivity index (χ0v) is 17.7. The minimum absolute atomic E-state index is 0.112. The van der Waals surface area contributed by atoms with Crippen molar-refractivity contribution in [1.29, 1.82) is 0 Å². The molecule has 6 heteroatoms. The molecule has 1 fully saturated rings. The molecule has 2 aromatic carbocycles. The Labute approximate surface area is 173 Å². The highest BCUT2D eigenvalue weighted by atomic mass is 16.5. The highest BCUT2D eigenvalue weighted by Crippen LogP contribution is 2.50. The van der Waals surface area contributed by atoms with Crippen molar-refractivity contribution in [3.8, 4) is 17.2 Å². The summed E-state index contributed by atoms with van der Waals surface area (Å²) in [6.45, 7) is 4.20. The summed E-state index contributed by atoms with van der Waals surface area (Å²) >= 11 is 0. The number of nitrogens with zero attached hydrogens (tertiary/aromatic N) is 1. The molecule has 2 N–H and O–H groups in total. The number of para-hydroxylation sites is 1. The molecule has 1 saturated carbocycles. The van der Waals surface area contributed by atoms with Crippen LogP contribution in [0.25, 0.3) is 0 Å². The van der Waals surface area contributed by atoms with E-state index in [9.17, 15) is 0 Å². The van der Waals surface area contributed by atoms with Crippen molar-refractivity contribution < 1.29 is 14.2 Å². The molecule has 0 bridgehead atoms. The van der Waals surface area contributed by atoms with Crippen LogP contribution >= 0.6 is 0 Å². The molecule has 0 unspecified atom stereocenters. The fourth-order valence-electron chi connectivity index (χ4n) is 3.52. The molecule has 156 valence electrons. The smallest absolute Gasteiger partial charge is 0.191 e. The summed E-state index contributed by atoms with van der Waals surface area (Å²) < 4.78 is 16.3. The molecule has 29 heavy (non-hydrogen) atoms. The van der Waals surface area contributed by atoms with Gasteiger partial charge in [-0.2, -0.15) is 0 Å². The Balaban J connectivity index is 1.71. The van der Waals surface area contributed by atoms with Crippen molar-refractivity contribution >= 4 is 5.96 Å². The molecule has 1 aliphatic rings. The maximum Gasteiger partial charge on any atom is 0.191 e. The second-order valence-corrected chi connectivity index (χ2v) is 7.21. The molecule has 0 amide bonds. The number of nitrogens with one attached hydrogen (secondary N) is 2. The SMILES string of the molecule is CCNC(=NCc1ccc(OC)cc1OC)NCC1(c2ccccc2OC)CC1. The number of hydrogen-bond acceptors (Lipinski definition) is 4. The summed E-state index contributed by atoms with van der Waals surface area (Å²) in [5.41, 5.74) is 2.39. The number of hydrogen-bond donors (Lipinski definition) is 2. The van der Waals surface area contributed by atoms with Crippen molar-refractivity contribution in [1.82, 2.24) is 10.6 Å². The van der Waals surface area contributed by atoms with E-state index in [4.69, 9.17) is 19.2 Å². The number of guanidine groups is 1. The number of aliphatic imine (C=N–C) groups is 1. The molecule has 0 aromatic heterocycles. The van der Waals surface area contributed by atoms with Crippen molar-refractivity contribution in [3.63, 3.8) is 0 Å². The Bertz CT molecular complexity index is 847. The highest BCUT2D eigenvalue weighted by Gasteiger charge is 2.46. The lowest BCUT2D eigenvalue weighted by molar-refractivity contribution is 0.391. The maximum absolute atomic E-state index is 5.58. The third kappa shape index (κ3) is 4.94. The third-order valence-corrected chi connectivity index (χ3v) is 5.37. The molecule has 0 spiro atoms. The summed E-state index contributed by atoms with van der Waals surface area (Å²) in [4.78, 5) is 4.76. The lowest BCUT2D eigenvalue weighted by Crippen LogP contribution is -2.41. The van der Waals surface area contributed by atoms with Crippen molar-refractivity contribution in [2.75, 3.05) is 34.4 Å². The largest absolute Gasteiger partial charge is 0.497 e. The van der Waals surface area contributed by atoms with E-state index < -0.39 is 0 Å². The zero-order valence-electron chi connectivity index (χ0n) is 17.7. The van der Waals surface area contributed by atoms with Crippen molar-refractivity contribution in [2.24, 2.45) is 4.99 Å². The van der Waals surface area contributed by atoms with Crippen LogP contribution in [0.3, 0.4) is 0 Å². The fourth-order valence-corrected chi connectivity index (χ4v) is 3.52. The van der Waals surface area contributed by atoms with E-state index in [2.05, 4.69) is 29.7 Å². The highest BCUT2D eigenvalue weighted by molar-refractivity contribution is 5.80. The van der Waals surface area contributed by atoms with Gasteiger partial charge in [-0.1, -0.05) is 18.2 Å². The maximum atomic E-state index is 5.58. The Morgan fingerprint density at radius 3 is 2.38 bits per heavy atom. The number of rotatable bonds is 9. The second kappa shape index (κ2) is 9.54. The molecule has 0 saturated heterocycles. The first-order chi connectivity index (χ1) is 14.2. The molecule has 0 heterocycles. The fraction of sp³-hybridized carbons (Fsp3) is 0.435. The summed E-state index contributed by atoms with van der Waals surface area (Å²) in [6, 6.07) is 14.1. The van der Waals surface area contributed by atoms with E-state index in [-0.39, 0.29) is 5.41 Å². The Morgan fingerprint density at radius 1 is 0.966 bits per heavy atom. The first kappa shape index (κ1) is 20.8. The van der Waals surface area contributed by atoms with E-state index in [1.54, 1.807) is 21.3 Å². The van der Waals surface area contributed by atoms with Crippen LogP contribution in [0.5, 0.6) is 17.2 Å². The van der Waals surface area contributed by atoms with Gasteiger partial charge in [0, 0.05) is 35.7 Å². The van der Waals surface area contributed by atoms with Gasteiger partial charge in [-0.15, -0.1) is 0 Å². The standard InChI is InChI=1S/C23H31N3O3/c1-5-24-22(25-15-17-10-11-18(27-2)14-21(17)29-4)26-16-23(12-13-23)19-8-6-7-9-20(19)28-3/h6-11,14H,5,12-13,15-16H2,1-4H3,(H2,24,25,26). The van der Waals surface area contributed by atoms with Crippen LogP contribution in [0, 0.1) is 0 Å². The van der Waals surface area contributed by atoms with Gasteiger partial charge in [-0.25, -0.2) is 4.99 Å². The number of benzene rings is 2. The minimum Gasteiger partial charge on any atom is -0.497 e. The quantitative estimate of drug-likeness (QED) is 0.501. The first-order valence-electron chi connectivity index (χ1n) is 10.0. The van der Waals surface area contributed by atoms with Gasteiger partial charge in [0.05, 0.1) is 27.9 Å². The Morgan fingerprint density at radius 2 is 1.72 bits per heavy atom. The van der Waals surface area contributed by atoms with Crippen LogP contribution in [-0.4, -0.2) is 40.4 Å². The van der Waals surface area contributed by atoms with Gasteiger partial charge in [-0.3, -0.25) is 0 Å². The topological polar surface area (TPSA) is 64.1 Å².